The summed E-state index contributed by atoms with van der Waals surface area (Å²) in [6, 6.07) is 10.9. The van der Waals surface area contributed by atoms with Gasteiger partial charge in [-0.3, -0.25) is 0 Å². The lowest BCUT2D eigenvalue weighted by Crippen LogP contribution is -2.47. The highest BCUT2D eigenvalue weighted by Crippen LogP contribution is 2.30. The molecule has 33 heavy (non-hydrogen) atoms. The van der Waals surface area contributed by atoms with Gasteiger partial charge in [-0.05, 0) is 36.2 Å². The number of ether oxygens (including phenoxy) is 1. The van der Waals surface area contributed by atoms with Crippen LogP contribution in [-0.2, 0) is 17.5 Å². The number of aryl methyl sites for hydroxylation is 1. The number of carbonyl (C=O) groups excluding carboxylic acids is 1. The van der Waals surface area contributed by atoms with Crippen LogP contribution in [0.1, 0.15) is 28.7 Å². The molecule has 0 bridgehead atoms. The van der Waals surface area contributed by atoms with Crippen LogP contribution in [0, 0.1) is 12.7 Å². The molecule has 1 saturated heterocycles. The lowest BCUT2D eigenvalue weighted by atomic mass is 10.1. The van der Waals surface area contributed by atoms with E-state index < -0.39 is 18.2 Å². The zero-order valence-electron chi connectivity index (χ0n) is 17.5. The van der Waals surface area contributed by atoms with Gasteiger partial charge in [0.05, 0.1) is 13.2 Å². The Morgan fingerprint density at radius 2 is 1.94 bits per heavy atom. The molecule has 1 aliphatic rings. The van der Waals surface area contributed by atoms with Gasteiger partial charge in [0.2, 0.25) is 5.89 Å². The van der Waals surface area contributed by atoms with Crippen LogP contribution in [0.2, 0.25) is 0 Å². The number of alkyl halides is 3. The predicted octanol–water partition coefficient (Wildman–Crippen LogP) is 4.49. The van der Waals surface area contributed by atoms with E-state index in [0.717, 1.165) is 11.1 Å². The number of benzene rings is 2. The number of carbonyl (C=O) groups is 1. The van der Waals surface area contributed by atoms with Gasteiger partial charge in [-0.2, -0.15) is 13.2 Å². The minimum absolute atomic E-state index is 0.192. The van der Waals surface area contributed by atoms with Crippen LogP contribution >= 0.6 is 0 Å². The molecule has 0 aliphatic carbocycles. The summed E-state index contributed by atoms with van der Waals surface area (Å²) < 4.78 is 62.4. The molecule has 4 rings (SSSR count). The van der Waals surface area contributed by atoms with E-state index in [1.165, 1.54) is 18.2 Å². The highest BCUT2D eigenvalue weighted by molar-refractivity contribution is 5.74. The van der Waals surface area contributed by atoms with Gasteiger partial charge < -0.3 is 19.4 Å². The van der Waals surface area contributed by atoms with E-state index in [1.54, 1.807) is 36.1 Å². The largest absolute Gasteiger partial charge is 0.470 e. The molecule has 1 aliphatic heterocycles. The van der Waals surface area contributed by atoms with Gasteiger partial charge in [0.1, 0.15) is 11.9 Å². The summed E-state index contributed by atoms with van der Waals surface area (Å²) in [6.07, 6.45) is -5.26. The Hall–Kier alpha value is -3.47. The van der Waals surface area contributed by atoms with Crippen molar-refractivity contribution in [2.45, 2.75) is 25.7 Å². The molecule has 0 radical (unpaired) electrons. The number of urea groups is 1. The lowest BCUT2D eigenvalue weighted by molar-refractivity contribution is -0.156. The third kappa shape index (κ3) is 5.30. The Morgan fingerprint density at radius 1 is 1.18 bits per heavy atom. The van der Waals surface area contributed by atoms with Crippen molar-refractivity contribution in [3.05, 3.63) is 70.9 Å². The molecular weight excluding hydrogens is 444 g/mol. The fourth-order valence-electron chi connectivity index (χ4n) is 3.42. The summed E-state index contributed by atoms with van der Waals surface area (Å²) in [6.45, 7) is 2.85. The van der Waals surface area contributed by atoms with Gasteiger partial charge in [-0.1, -0.05) is 24.3 Å². The van der Waals surface area contributed by atoms with Crippen molar-refractivity contribution in [2.75, 3.05) is 19.7 Å². The molecule has 1 N–H and O–H groups in total. The van der Waals surface area contributed by atoms with Crippen LogP contribution in [0.3, 0.4) is 0 Å². The van der Waals surface area contributed by atoms with Gasteiger partial charge in [0.25, 0.3) is 0 Å². The molecule has 0 saturated carbocycles. The van der Waals surface area contributed by atoms with E-state index >= 15 is 0 Å². The average Bonchev–Trinajstić information content (AvgIpc) is 3.29. The smallest absolute Gasteiger partial charge is 0.413 e. The van der Waals surface area contributed by atoms with Crippen LogP contribution < -0.4 is 5.32 Å². The summed E-state index contributed by atoms with van der Waals surface area (Å²) in [5.41, 5.74) is 2.25. The van der Waals surface area contributed by atoms with Gasteiger partial charge in [0.15, 0.2) is 0 Å². The summed E-state index contributed by atoms with van der Waals surface area (Å²) in [5.74, 6) is -2.03. The zero-order valence-corrected chi connectivity index (χ0v) is 17.5. The summed E-state index contributed by atoms with van der Waals surface area (Å²) in [4.78, 5) is 14.2. The fraction of sp³-hybridized carbons (Fsp3) is 0.318. The summed E-state index contributed by atoms with van der Waals surface area (Å²) in [7, 11) is 0. The number of rotatable bonds is 4. The number of nitrogens with zero attached hydrogens (tertiary/aromatic N) is 3. The van der Waals surface area contributed by atoms with Crippen molar-refractivity contribution in [1.82, 2.24) is 20.4 Å². The SMILES string of the molecule is Cc1ccc(C2CN(C(=O)NCc3ccc(-c4nnc(C(F)(F)F)o4)cc3)CCO2)c(F)c1. The topological polar surface area (TPSA) is 80.5 Å². The molecule has 1 atom stereocenters. The van der Waals surface area contributed by atoms with E-state index in [1.807, 2.05) is 0 Å². The number of halogens is 4. The molecule has 2 amide bonds. The molecule has 0 spiro atoms. The number of hydrogen-bond donors (Lipinski definition) is 1. The minimum Gasteiger partial charge on any atom is -0.413 e. The summed E-state index contributed by atoms with van der Waals surface area (Å²) in [5, 5.41) is 9.19. The Morgan fingerprint density at radius 3 is 2.61 bits per heavy atom. The zero-order chi connectivity index (χ0) is 23.6. The van der Waals surface area contributed by atoms with Crippen LogP contribution in [0.4, 0.5) is 22.4 Å². The maximum atomic E-state index is 14.3. The maximum absolute atomic E-state index is 14.3. The molecule has 174 valence electrons. The van der Waals surface area contributed by atoms with Crippen LogP contribution in [0.25, 0.3) is 11.5 Å². The van der Waals surface area contributed by atoms with E-state index in [2.05, 4.69) is 19.9 Å². The van der Waals surface area contributed by atoms with Crippen molar-refractivity contribution < 1.29 is 31.5 Å². The van der Waals surface area contributed by atoms with Crippen LogP contribution in [0.5, 0.6) is 0 Å². The highest BCUT2D eigenvalue weighted by atomic mass is 19.4. The standard InChI is InChI=1S/C22H20F4N4O3/c1-13-2-7-16(17(23)10-13)18-12-30(8-9-32-18)21(31)27-11-14-3-5-15(6-4-14)19-28-29-20(33-19)22(24,25)26/h2-7,10,18H,8-9,11-12H2,1H3,(H,27,31). The van der Waals surface area contributed by atoms with E-state index in [4.69, 9.17) is 4.74 Å². The molecule has 2 aromatic carbocycles. The van der Waals surface area contributed by atoms with Crippen LogP contribution in [-0.4, -0.2) is 40.8 Å². The molecule has 1 aromatic heterocycles. The first-order valence-corrected chi connectivity index (χ1v) is 10.1. The quantitative estimate of drug-likeness (QED) is 0.576. The Bertz CT molecular complexity index is 1130. The monoisotopic (exact) mass is 464 g/mol. The van der Waals surface area contributed by atoms with Crippen molar-refractivity contribution in [3.63, 3.8) is 0 Å². The van der Waals surface area contributed by atoms with Crippen molar-refractivity contribution in [1.29, 1.82) is 0 Å². The van der Waals surface area contributed by atoms with E-state index in [9.17, 15) is 22.4 Å². The third-order valence-electron chi connectivity index (χ3n) is 5.17. The molecule has 11 heteroatoms. The van der Waals surface area contributed by atoms with Crippen LogP contribution in [0.15, 0.2) is 46.9 Å². The highest BCUT2D eigenvalue weighted by Gasteiger charge is 2.38. The first-order valence-electron chi connectivity index (χ1n) is 10.1. The normalized spacial score (nSPS) is 16.6. The Labute approximate surface area is 186 Å². The second kappa shape index (κ2) is 9.18. The molecule has 1 fully saturated rings. The van der Waals surface area contributed by atoms with Gasteiger partial charge >= 0.3 is 18.1 Å². The van der Waals surface area contributed by atoms with E-state index in [0.29, 0.717) is 17.7 Å². The number of morpholine rings is 1. The number of aromatic nitrogens is 2. The average molecular weight is 464 g/mol. The molecule has 7 nitrogen and oxygen atoms in total. The Balaban J connectivity index is 1.34. The first-order chi connectivity index (χ1) is 15.7. The number of nitrogens with one attached hydrogen (secondary N) is 1. The van der Waals surface area contributed by atoms with Crippen molar-refractivity contribution >= 4 is 6.03 Å². The van der Waals surface area contributed by atoms with Crippen molar-refractivity contribution in [2.24, 2.45) is 0 Å². The predicted molar refractivity (Wildman–Crippen MR) is 108 cm³/mol. The van der Waals surface area contributed by atoms with E-state index in [-0.39, 0.29) is 37.4 Å². The molecule has 3 aromatic rings. The maximum Gasteiger partial charge on any atom is 0.470 e. The van der Waals surface area contributed by atoms with Gasteiger partial charge in [-0.25, -0.2) is 9.18 Å². The second-order valence-corrected chi connectivity index (χ2v) is 7.60. The van der Waals surface area contributed by atoms with Gasteiger partial charge in [0, 0.05) is 24.2 Å². The third-order valence-corrected chi connectivity index (χ3v) is 5.17. The first kappa shape index (κ1) is 22.7. The molecule has 2 heterocycles. The number of hydrogen-bond acceptors (Lipinski definition) is 5. The number of amides is 2. The lowest BCUT2D eigenvalue weighted by Gasteiger charge is -2.33. The Kier molecular flexibility index (Phi) is 6.32. The molecular formula is C22H20F4N4O3. The minimum atomic E-state index is -4.71. The summed E-state index contributed by atoms with van der Waals surface area (Å²) >= 11 is 0. The van der Waals surface area contributed by atoms with Crippen molar-refractivity contribution in [3.8, 4) is 11.5 Å². The fourth-order valence-corrected chi connectivity index (χ4v) is 3.42. The van der Waals surface area contributed by atoms with Gasteiger partial charge in [-0.15, -0.1) is 10.2 Å². The second-order valence-electron chi connectivity index (χ2n) is 7.60. The molecule has 1 unspecified atom stereocenters.